The summed E-state index contributed by atoms with van der Waals surface area (Å²) < 4.78 is 27.0. The highest BCUT2D eigenvalue weighted by atomic mass is 35.5. The first-order valence-electron chi connectivity index (χ1n) is 9.71. The molecular weight excluding hydrogens is 450 g/mol. The topological polar surface area (TPSA) is 153 Å². The molecule has 1 saturated heterocycles. The number of carbonyl (C=O) groups is 3. The first kappa shape index (κ1) is 26.8. The second-order valence-corrected chi connectivity index (χ2v) is 9.63. The van der Waals surface area contributed by atoms with Crippen LogP contribution in [0.25, 0.3) is 0 Å². The van der Waals surface area contributed by atoms with Crippen LogP contribution < -0.4 is 10.6 Å². The van der Waals surface area contributed by atoms with Crippen LogP contribution in [0.4, 0.5) is 5.69 Å². The number of amides is 1. The van der Waals surface area contributed by atoms with Crippen molar-refractivity contribution in [3.8, 4) is 0 Å². The van der Waals surface area contributed by atoms with Crippen molar-refractivity contribution in [3.63, 3.8) is 0 Å². The summed E-state index contributed by atoms with van der Waals surface area (Å²) >= 11 is 6.12. The third-order valence-corrected chi connectivity index (χ3v) is 6.41. The first-order chi connectivity index (χ1) is 14.4. The minimum Gasteiger partial charge on any atom is -0.473 e. The molecule has 174 valence electrons. The highest BCUT2D eigenvalue weighted by Gasteiger charge is 2.26. The van der Waals surface area contributed by atoms with E-state index in [-0.39, 0.29) is 17.3 Å². The van der Waals surface area contributed by atoms with E-state index < -0.39 is 22.0 Å². The van der Waals surface area contributed by atoms with Gasteiger partial charge in [-0.1, -0.05) is 31.9 Å². The van der Waals surface area contributed by atoms with E-state index in [0.29, 0.717) is 29.7 Å². The Morgan fingerprint density at radius 2 is 1.68 bits per heavy atom. The maximum atomic E-state index is 12.7. The van der Waals surface area contributed by atoms with E-state index >= 15 is 0 Å². The van der Waals surface area contributed by atoms with Crippen LogP contribution in [0.5, 0.6) is 0 Å². The number of nitrogens with zero attached hydrogens (tertiary/aromatic N) is 1. The van der Waals surface area contributed by atoms with E-state index in [1.807, 2.05) is 0 Å². The van der Waals surface area contributed by atoms with Crippen LogP contribution in [0.1, 0.15) is 33.1 Å². The Morgan fingerprint density at radius 1 is 1.10 bits per heavy atom. The van der Waals surface area contributed by atoms with Crippen molar-refractivity contribution in [2.45, 2.75) is 38.0 Å². The predicted molar refractivity (Wildman–Crippen MR) is 116 cm³/mol. The molecule has 12 heteroatoms. The van der Waals surface area contributed by atoms with Crippen LogP contribution in [0, 0.1) is 5.92 Å². The fourth-order valence-electron chi connectivity index (χ4n) is 2.68. The molecular formula is C19H28ClN3O7S. The molecule has 0 bridgehead atoms. The predicted octanol–water partition coefficient (Wildman–Crippen LogP) is 1.85. The summed E-state index contributed by atoms with van der Waals surface area (Å²) in [7, 11) is -3.56. The third kappa shape index (κ3) is 9.21. The van der Waals surface area contributed by atoms with Crippen molar-refractivity contribution < 1.29 is 33.0 Å². The summed E-state index contributed by atoms with van der Waals surface area (Å²) in [4.78, 5) is 30.4. The number of carboxylic acids is 2. The smallest absolute Gasteiger partial charge is 0.414 e. The highest BCUT2D eigenvalue weighted by Crippen LogP contribution is 2.28. The number of hydrogen-bond donors (Lipinski definition) is 4. The molecule has 1 aromatic rings. The quantitative estimate of drug-likeness (QED) is 0.434. The molecule has 1 fully saturated rings. The minimum atomic E-state index is -3.56. The van der Waals surface area contributed by atoms with E-state index in [2.05, 4.69) is 24.5 Å². The summed E-state index contributed by atoms with van der Waals surface area (Å²) in [6, 6.07) is 4.43. The van der Waals surface area contributed by atoms with Crippen molar-refractivity contribution in [1.82, 2.24) is 9.62 Å². The Bertz CT molecular complexity index is 872. The van der Waals surface area contributed by atoms with Gasteiger partial charge in [0.05, 0.1) is 22.2 Å². The lowest BCUT2D eigenvalue weighted by molar-refractivity contribution is -0.159. The van der Waals surface area contributed by atoms with Gasteiger partial charge in [-0.15, -0.1) is 0 Å². The van der Waals surface area contributed by atoms with E-state index in [4.69, 9.17) is 31.4 Å². The first-order valence-corrected chi connectivity index (χ1v) is 11.5. The zero-order chi connectivity index (χ0) is 23.6. The maximum Gasteiger partial charge on any atom is 0.414 e. The van der Waals surface area contributed by atoms with Crippen molar-refractivity contribution >= 4 is 45.2 Å². The fraction of sp³-hybridized carbons (Fsp3) is 0.526. The van der Waals surface area contributed by atoms with Crippen molar-refractivity contribution in [3.05, 3.63) is 23.2 Å². The summed E-state index contributed by atoms with van der Waals surface area (Å²) in [5.74, 6) is -3.46. The molecule has 0 spiro atoms. The molecule has 1 aliphatic rings. The van der Waals surface area contributed by atoms with Gasteiger partial charge in [-0.2, -0.15) is 4.31 Å². The normalized spacial score (nSPS) is 14.5. The average molecular weight is 478 g/mol. The Kier molecular flexibility index (Phi) is 10.9. The molecule has 31 heavy (non-hydrogen) atoms. The lowest BCUT2D eigenvalue weighted by atomic mass is 10.2. The number of rotatable bonds is 7. The SMILES string of the molecule is CC(C)CNCC(=O)Nc1cc(S(=O)(=O)N2CCCCC2)ccc1Cl.O=C(O)C(=O)O. The van der Waals surface area contributed by atoms with Gasteiger partial charge in [-0.05, 0) is 43.5 Å². The van der Waals surface area contributed by atoms with Gasteiger partial charge in [0.15, 0.2) is 0 Å². The molecule has 2 rings (SSSR count). The second kappa shape index (κ2) is 12.6. The standard InChI is InChI=1S/C17H26ClN3O3S.C2H2O4/c1-13(2)11-19-12-17(22)20-16-10-14(6-7-15(16)18)25(23,24)21-8-4-3-5-9-21;3-1(4)2(5)6/h6-7,10,13,19H,3-5,8-9,11-12H2,1-2H3,(H,20,22);(H,3,4)(H,5,6). The molecule has 1 aliphatic heterocycles. The third-order valence-electron chi connectivity index (χ3n) is 4.19. The zero-order valence-electron chi connectivity index (χ0n) is 17.4. The molecule has 0 saturated carbocycles. The lowest BCUT2D eigenvalue weighted by Crippen LogP contribution is -2.35. The highest BCUT2D eigenvalue weighted by molar-refractivity contribution is 7.89. The van der Waals surface area contributed by atoms with Crippen LogP contribution >= 0.6 is 11.6 Å². The number of halogens is 1. The molecule has 0 aliphatic carbocycles. The number of sulfonamides is 1. The van der Waals surface area contributed by atoms with Crippen molar-refractivity contribution in [2.75, 3.05) is 31.5 Å². The van der Waals surface area contributed by atoms with Gasteiger partial charge in [-0.3, -0.25) is 4.79 Å². The van der Waals surface area contributed by atoms with Crippen LogP contribution in [0.3, 0.4) is 0 Å². The van der Waals surface area contributed by atoms with Gasteiger partial charge in [0.25, 0.3) is 0 Å². The molecule has 0 atom stereocenters. The number of carbonyl (C=O) groups excluding carboxylic acids is 1. The molecule has 1 aromatic carbocycles. The molecule has 10 nitrogen and oxygen atoms in total. The number of carboxylic acid groups (broad SMARTS) is 2. The Morgan fingerprint density at radius 3 is 2.19 bits per heavy atom. The van der Waals surface area contributed by atoms with E-state index in [9.17, 15) is 13.2 Å². The molecule has 4 N–H and O–H groups in total. The molecule has 0 aromatic heterocycles. The average Bonchev–Trinajstić information content (AvgIpc) is 2.70. The van der Waals surface area contributed by atoms with Crippen molar-refractivity contribution in [2.24, 2.45) is 5.92 Å². The summed E-state index contributed by atoms with van der Waals surface area (Å²) in [6.07, 6.45) is 2.80. The minimum absolute atomic E-state index is 0.150. The summed E-state index contributed by atoms with van der Waals surface area (Å²) in [5.41, 5.74) is 0.316. The Hall–Kier alpha value is -2.21. The van der Waals surface area contributed by atoms with E-state index in [0.717, 1.165) is 25.8 Å². The van der Waals surface area contributed by atoms with Gasteiger partial charge in [0.1, 0.15) is 0 Å². The Balaban J connectivity index is 0.000000703. The molecule has 1 amide bonds. The maximum absolute atomic E-state index is 12.7. The monoisotopic (exact) mass is 477 g/mol. The Labute approximate surface area is 186 Å². The molecule has 0 radical (unpaired) electrons. The number of nitrogens with one attached hydrogen (secondary N) is 2. The van der Waals surface area contributed by atoms with Crippen LogP contribution in [-0.2, 0) is 24.4 Å². The zero-order valence-corrected chi connectivity index (χ0v) is 19.0. The van der Waals surface area contributed by atoms with Gasteiger partial charge < -0.3 is 20.8 Å². The summed E-state index contributed by atoms with van der Waals surface area (Å²) in [5, 5.41) is 20.8. The van der Waals surface area contributed by atoms with E-state index in [1.54, 1.807) is 0 Å². The largest absolute Gasteiger partial charge is 0.473 e. The van der Waals surface area contributed by atoms with E-state index in [1.165, 1.54) is 22.5 Å². The number of anilines is 1. The van der Waals surface area contributed by atoms with Gasteiger partial charge in [-0.25, -0.2) is 18.0 Å². The van der Waals surface area contributed by atoms with Gasteiger partial charge in [0.2, 0.25) is 15.9 Å². The summed E-state index contributed by atoms with van der Waals surface area (Å²) in [6.45, 7) is 6.05. The fourth-order valence-corrected chi connectivity index (χ4v) is 4.39. The number of piperidine rings is 1. The molecule has 1 heterocycles. The van der Waals surface area contributed by atoms with Crippen LogP contribution in [0.15, 0.2) is 23.1 Å². The van der Waals surface area contributed by atoms with Gasteiger partial charge in [0, 0.05) is 13.1 Å². The van der Waals surface area contributed by atoms with Crippen molar-refractivity contribution in [1.29, 1.82) is 0 Å². The van der Waals surface area contributed by atoms with Gasteiger partial charge >= 0.3 is 11.9 Å². The second-order valence-electron chi connectivity index (χ2n) is 7.29. The van der Waals surface area contributed by atoms with Crippen LogP contribution in [-0.4, -0.2) is 67.0 Å². The lowest BCUT2D eigenvalue weighted by Gasteiger charge is -2.26. The number of hydrogen-bond acceptors (Lipinski definition) is 6. The van der Waals surface area contributed by atoms with Crippen LogP contribution in [0.2, 0.25) is 5.02 Å². The number of benzene rings is 1. The number of aliphatic carboxylic acids is 2. The molecule has 0 unspecified atom stereocenters.